The molecule has 1 aliphatic heterocycles. The number of anilines is 1. The minimum atomic E-state index is -0.434. The van der Waals surface area contributed by atoms with Crippen molar-refractivity contribution in [2.75, 3.05) is 12.4 Å². The minimum Gasteiger partial charge on any atom is -0.496 e. The van der Waals surface area contributed by atoms with Crippen LogP contribution in [0.5, 0.6) is 5.75 Å². The summed E-state index contributed by atoms with van der Waals surface area (Å²) in [5, 5.41) is 10.2. The summed E-state index contributed by atoms with van der Waals surface area (Å²) in [4.78, 5) is 13.1. The number of rotatable bonds is 4. The van der Waals surface area contributed by atoms with E-state index < -0.39 is 6.04 Å². The molecule has 7 heteroatoms. The zero-order valence-corrected chi connectivity index (χ0v) is 16.8. The summed E-state index contributed by atoms with van der Waals surface area (Å²) in [5.41, 5.74) is 3.62. The number of carbonyl (C=O) groups excluding carboxylic acids is 1. The zero-order chi connectivity index (χ0) is 19.6. The number of para-hydroxylation sites is 1. The number of carbonyl (C=O) groups is 1. The average molecular weight is 402 g/mol. The van der Waals surface area contributed by atoms with Gasteiger partial charge < -0.3 is 20.7 Å². The van der Waals surface area contributed by atoms with Crippen LogP contribution in [0.3, 0.4) is 0 Å². The summed E-state index contributed by atoms with van der Waals surface area (Å²) < 4.78 is 5.47. The lowest BCUT2D eigenvalue weighted by Gasteiger charge is -2.31. The van der Waals surface area contributed by atoms with Crippen molar-refractivity contribution in [3.8, 4) is 5.75 Å². The lowest BCUT2D eigenvalue weighted by Crippen LogP contribution is -2.45. The summed E-state index contributed by atoms with van der Waals surface area (Å²) in [7, 11) is 1.60. The van der Waals surface area contributed by atoms with Crippen molar-refractivity contribution >= 4 is 40.5 Å². The van der Waals surface area contributed by atoms with Gasteiger partial charge in [0.05, 0.1) is 18.7 Å². The van der Waals surface area contributed by atoms with Gasteiger partial charge in [0.15, 0.2) is 5.11 Å². The smallest absolute Gasteiger partial charge is 0.255 e. The molecule has 0 unspecified atom stereocenters. The van der Waals surface area contributed by atoms with Crippen molar-refractivity contribution in [1.82, 2.24) is 10.6 Å². The van der Waals surface area contributed by atoms with Crippen molar-refractivity contribution in [3.05, 3.63) is 69.9 Å². The molecular formula is C20H20ClN3O2S. The third-order valence-corrected chi connectivity index (χ3v) is 5.02. The normalized spacial score (nSPS) is 16.4. The molecule has 3 N–H and O–H groups in total. The molecular weight excluding hydrogens is 382 g/mol. The quantitative estimate of drug-likeness (QED) is 0.673. The van der Waals surface area contributed by atoms with Crippen LogP contribution < -0.4 is 20.7 Å². The van der Waals surface area contributed by atoms with E-state index in [4.69, 9.17) is 28.6 Å². The standard InChI is InChI=1S/C20H20ClN3O2S/c1-11-8-9-13(10-15(11)21)23-19(25)17-12(2)22-20(27)24-18(17)14-6-4-5-7-16(14)26-3/h4-10,18H,1-3H3,(H,23,25)(H2,22,24,27)/t18-/m1/s1. The predicted octanol–water partition coefficient (Wildman–Crippen LogP) is 4.09. The van der Waals surface area contributed by atoms with Gasteiger partial charge in [0.2, 0.25) is 0 Å². The Bertz CT molecular complexity index is 943. The highest BCUT2D eigenvalue weighted by Crippen LogP contribution is 2.33. The highest BCUT2D eigenvalue weighted by atomic mass is 35.5. The Morgan fingerprint density at radius 3 is 2.67 bits per heavy atom. The second-order valence-corrected chi connectivity index (χ2v) is 7.05. The van der Waals surface area contributed by atoms with E-state index in [2.05, 4.69) is 16.0 Å². The van der Waals surface area contributed by atoms with E-state index >= 15 is 0 Å². The van der Waals surface area contributed by atoms with E-state index in [0.29, 0.717) is 32.8 Å². The molecule has 140 valence electrons. The summed E-state index contributed by atoms with van der Waals surface area (Å²) in [6.07, 6.45) is 0. The van der Waals surface area contributed by atoms with E-state index in [9.17, 15) is 4.79 Å². The molecule has 2 aromatic carbocycles. The van der Waals surface area contributed by atoms with Gasteiger partial charge in [-0.15, -0.1) is 0 Å². The second-order valence-electron chi connectivity index (χ2n) is 6.23. The molecule has 27 heavy (non-hydrogen) atoms. The van der Waals surface area contributed by atoms with Crippen LogP contribution >= 0.6 is 23.8 Å². The summed E-state index contributed by atoms with van der Waals surface area (Å²) in [5.74, 6) is 0.432. The monoisotopic (exact) mass is 401 g/mol. The zero-order valence-electron chi connectivity index (χ0n) is 15.2. The molecule has 0 aromatic heterocycles. The van der Waals surface area contributed by atoms with Gasteiger partial charge in [-0.25, -0.2) is 0 Å². The number of benzene rings is 2. The first-order chi connectivity index (χ1) is 12.9. The maximum atomic E-state index is 13.1. The van der Waals surface area contributed by atoms with Crippen molar-refractivity contribution in [2.45, 2.75) is 19.9 Å². The molecule has 0 aliphatic carbocycles. The Hall–Kier alpha value is -2.57. The number of halogens is 1. The van der Waals surface area contributed by atoms with Crippen molar-refractivity contribution in [2.24, 2.45) is 0 Å². The molecule has 0 saturated carbocycles. The first kappa shape index (κ1) is 19.2. The van der Waals surface area contributed by atoms with Crippen molar-refractivity contribution in [3.63, 3.8) is 0 Å². The molecule has 2 aromatic rings. The number of thiocarbonyl (C=S) groups is 1. The van der Waals surface area contributed by atoms with Crippen molar-refractivity contribution < 1.29 is 9.53 Å². The van der Waals surface area contributed by atoms with E-state index in [1.807, 2.05) is 50.2 Å². The van der Waals surface area contributed by atoms with Gasteiger partial charge in [0.25, 0.3) is 5.91 Å². The molecule has 0 bridgehead atoms. The van der Waals surface area contributed by atoms with Crippen LogP contribution in [-0.4, -0.2) is 18.1 Å². The summed E-state index contributed by atoms with van der Waals surface area (Å²) in [6.45, 7) is 3.74. The van der Waals surface area contributed by atoms with Gasteiger partial charge in [-0.2, -0.15) is 0 Å². The molecule has 5 nitrogen and oxygen atoms in total. The maximum Gasteiger partial charge on any atom is 0.255 e. The molecule has 0 radical (unpaired) electrons. The number of amides is 1. The lowest BCUT2D eigenvalue weighted by atomic mass is 9.94. The Kier molecular flexibility index (Phi) is 5.68. The van der Waals surface area contributed by atoms with E-state index in [1.54, 1.807) is 13.2 Å². The SMILES string of the molecule is COc1ccccc1[C@H]1NC(=S)NC(C)=C1C(=O)Nc1ccc(C)c(Cl)c1. The Labute approximate surface area is 168 Å². The van der Waals surface area contributed by atoms with Crippen LogP contribution in [0.2, 0.25) is 5.02 Å². The van der Waals surface area contributed by atoms with Gasteiger partial charge in [-0.05, 0) is 49.8 Å². The number of methoxy groups -OCH3 is 1. The minimum absolute atomic E-state index is 0.245. The van der Waals surface area contributed by atoms with E-state index in [1.165, 1.54) is 0 Å². The largest absolute Gasteiger partial charge is 0.496 e. The summed E-state index contributed by atoms with van der Waals surface area (Å²) >= 11 is 11.5. The maximum absolute atomic E-state index is 13.1. The third-order valence-electron chi connectivity index (χ3n) is 4.39. The highest BCUT2D eigenvalue weighted by molar-refractivity contribution is 7.80. The molecule has 0 spiro atoms. The topological polar surface area (TPSA) is 62.4 Å². The van der Waals surface area contributed by atoms with Crippen LogP contribution in [0.25, 0.3) is 0 Å². The predicted molar refractivity (Wildman–Crippen MR) is 112 cm³/mol. The Balaban J connectivity index is 1.98. The highest BCUT2D eigenvalue weighted by Gasteiger charge is 2.31. The molecule has 1 amide bonds. The molecule has 1 atom stereocenters. The molecule has 0 fully saturated rings. The number of hydrogen-bond donors (Lipinski definition) is 3. The van der Waals surface area contributed by atoms with Crippen LogP contribution in [0.1, 0.15) is 24.1 Å². The van der Waals surface area contributed by atoms with Crippen LogP contribution in [0.15, 0.2) is 53.7 Å². The molecule has 1 heterocycles. The van der Waals surface area contributed by atoms with Gasteiger partial charge in [0.1, 0.15) is 5.75 Å². The Morgan fingerprint density at radius 1 is 1.22 bits per heavy atom. The van der Waals surface area contributed by atoms with E-state index in [-0.39, 0.29) is 5.91 Å². The first-order valence-corrected chi connectivity index (χ1v) is 9.18. The molecule has 0 saturated heterocycles. The fraction of sp³-hybridized carbons (Fsp3) is 0.200. The second kappa shape index (κ2) is 7.98. The van der Waals surface area contributed by atoms with Gasteiger partial charge in [-0.1, -0.05) is 35.9 Å². The number of hydrogen-bond acceptors (Lipinski definition) is 3. The van der Waals surface area contributed by atoms with Crippen LogP contribution in [0.4, 0.5) is 5.69 Å². The van der Waals surface area contributed by atoms with Crippen LogP contribution in [-0.2, 0) is 4.79 Å². The number of allylic oxidation sites excluding steroid dienone is 1. The average Bonchev–Trinajstić information content (AvgIpc) is 2.64. The third kappa shape index (κ3) is 4.07. The first-order valence-electron chi connectivity index (χ1n) is 8.39. The van der Waals surface area contributed by atoms with Gasteiger partial charge in [0, 0.05) is 22.0 Å². The molecule has 3 rings (SSSR count). The van der Waals surface area contributed by atoms with Crippen molar-refractivity contribution in [1.29, 1.82) is 0 Å². The fourth-order valence-corrected chi connectivity index (χ4v) is 3.45. The molecule has 1 aliphatic rings. The lowest BCUT2D eigenvalue weighted by molar-refractivity contribution is -0.113. The van der Waals surface area contributed by atoms with Gasteiger partial charge in [-0.3, -0.25) is 4.79 Å². The number of aryl methyl sites for hydroxylation is 1. The number of nitrogens with one attached hydrogen (secondary N) is 3. The van der Waals surface area contributed by atoms with Gasteiger partial charge >= 0.3 is 0 Å². The van der Waals surface area contributed by atoms with Crippen LogP contribution in [0, 0.1) is 6.92 Å². The van der Waals surface area contributed by atoms with E-state index in [0.717, 1.165) is 11.1 Å². The number of ether oxygens (including phenoxy) is 1. The fourth-order valence-electron chi connectivity index (χ4n) is 3.00. The summed E-state index contributed by atoms with van der Waals surface area (Å²) in [6, 6.07) is 12.5. The Morgan fingerprint density at radius 2 is 1.96 bits per heavy atom.